The van der Waals surface area contributed by atoms with E-state index in [2.05, 4.69) is 38.0 Å². The maximum absolute atomic E-state index is 13.8. The van der Waals surface area contributed by atoms with Crippen LogP contribution >= 0.6 is 0 Å². The number of rotatable bonds is 2. The third-order valence-electron chi connectivity index (χ3n) is 3.85. The quantitative estimate of drug-likeness (QED) is 0.863. The van der Waals surface area contributed by atoms with E-state index in [1.807, 2.05) is 0 Å². The molecule has 2 rings (SSSR count). The van der Waals surface area contributed by atoms with Crippen LogP contribution in [0.4, 0.5) is 20.4 Å². The summed E-state index contributed by atoms with van der Waals surface area (Å²) >= 11 is 0. The van der Waals surface area contributed by atoms with E-state index in [1.54, 1.807) is 0 Å². The van der Waals surface area contributed by atoms with E-state index < -0.39 is 11.6 Å². The first kappa shape index (κ1) is 15.0. The number of halogens is 2. The van der Waals surface area contributed by atoms with E-state index in [0.29, 0.717) is 0 Å². The van der Waals surface area contributed by atoms with Gasteiger partial charge in [0.2, 0.25) is 0 Å². The van der Waals surface area contributed by atoms with Crippen molar-refractivity contribution >= 4 is 11.6 Å². The Morgan fingerprint density at radius 3 is 2.25 bits per heavy atom. The SMILES string of the molecule is CC1(C)CC(Nc2nc(N)c(F)cc2F)CC(C)(C)C1. The molecule has 1 aliphatic rings. The summed E-state index contributed by atoms with van der Waals surface area (Å²) in [5.74, 6) is -1.75. The Labute approximate surface area is 119 Å². The number of hydrogen-bond acceptors (Lipinski definition) is 3. The summed E-state index contributed by atoms with van der Waals surface area (Å²) in [6.07, 6.45) is 2.98. The van der Waals surface area contributed by atoms with Gasteiger partial charge in [-0.3, -0.25) is 0 Å². The molecule has 1 fully saturated rings. The summed E-state index contributed by atoms with van der Waals surface area (Å²) in [7, 11) is 0. The summed E-state index contributed by atoms with van der Waals surface area (Å²) in [4.78, 5) is 3.78. The maximum Gasteiger partial charge on any atom is 0.168 e. The van der Waals surface area contributed by atoms with Gasteiger partial charge >= 0.3 is 0 Å². The van der Waals surface area contributed by atoms with Crippen LogP contribution in [0.3, 0.4) is 0 Å². The minimum Gasteiger partial charge on any atom is -0.381 e. The lowest BCUT2D eigenvalue weighted by atomic mass is 9.63. The molecule has 3 N–H and O–H groups in total. The Kier molecular flexibility index (Phi) is 3.65. The van der Waals surface area contributed by atoms with Crippen LogP contribution in [0, 0.1) is 22.5 Å². The third kappa shape index (κ3) is 3.38. The number of nitrogens with zero attached hydrogens (tertiary/aromatic N) is 1. The highest BCUT2D eigenvalue weighted by atomic mass is 19.1. The number of aromatic nitrogens is 1. The molecule has 1 aromatic rings. The summed E-state index contributed by atoms with van der Waals surface area (Å²) < 4.78 is 26.9. The number of nitrogens with one attached hydrogen (secondary N) is 1. The highest BCUT2D eigenvalue weighted by molar-refractivity contribution is 5.45. The molecule has 0 radical (unpaired) electrons. The molecule has 0 spiro atoms. The largest absolute Gasteiger partial charge is 0.381 e. The van der Waals surface area contributed by atoms with Gasteiger partial charge in [0.15, 0.2) is 23.3 Å². The molecule has 3 nitrogen and oxygen atoms in total. The Morgan fingerprint density at radius 2 is 1.70 bits per heavy atom. The van der Waals surface area contributed by atoms with Crippen LogP contribution in [0.2, 0.25) is 0 Å². The van der Waals surface area contributed by atoms with Crippen LogP contribution in [0.1, 0.15) is 47.0 Å². The molecule has 0 bridgehead atoms. The van der Waals surface area contributed by atoms with Crippen LogP contribution in [0.15, 0.2) is 6.07 Å². The zero-order chi connectivity index (χ0) is 15.1. The molecule has 0 unspecified atom stereocenters. The zero-order valence-electron chi connectivity index (χ0n) is 12.6. The van der Waals surface area contributed by atoms with Crippen molar-refractivity contribution in [1.29, 1.82) is 0 Å². The van der Waals surface area contributed by atoms with E-state index >= 15 is 0 Å². The highest BCUT2D eigenvalue weighted by Crippen LogP contribution is 2.46. The first-order valence-electron chi connectivity index (χ1n) is 6.96. The fraction of sp³-hybridized carbons (Fsp3) is 0.667. The Balaban J connectivity index is 2.19. The average Bonchev–Trinajstić information content (AvgIpc) is 2.21. The van der Waals surface area contributed by atoms with Gasteiger partial charge in [0.25, 0.3) is 0 Å². The van der Waals surface area contributed by atoms with E-state index in [4.69, 9.17) is 5.73 Å². The second kappa shape index (κ2) is 4.86. The molecular formula is C15H23F2N3. The van der Waals surface area contributed by atoms with Crippen molar-refractivity contribution < 1.29 is 8.78 Å². The van der Waals surface area contributed by atoms with Crippen molar-refractivity contribution in [3.05, 3.63) is 17.7 Å². The monoisotopic (exact) mass is 283 g/mol. The summed E-state index contributed by atoms with van der Waals surface area (Å²) in [5.41, 5.74) is 5.77. The van der Waals surface area contributed by atoms with E-state index in [-0.39, 0.29) is 28.5 Å². The number of hydrogen-bond donors (Lipinski definition) is 2. The van der Waals surface area contributed by atoms with Crippen LogP contribution in [0.25, 0.3) is 0 Å². The first-order valence-corrected chi connectivity index (χ1v) is 6.96. The standard InChI is InChI=1S/C15H23F2N3/c1-14(2)6-9(7-15(3,4)8-14)19-13-11(17)5-10(16)12(18)20-13/h5,9H,6-8H2,1-4H3,(H3,18,19,20). The highest BCUT2D eigenvalue weighted by Gasteiger charge is 2.38. The summed E-state index contributed by atoms with van der Waals surface area (Å²) in [6, 6.07) is 0.893. The molecule has 5 heteroatoms. The number of nitrogens with two attached hydrogens (primary N) is 1. The van der Waals surface area contributed by atoms with Gasteiger partial charge in [-0.1, -0.05) is 27.7 Å². The van der Waals surface area contributed by atoms with Crippen molar-refractivity contribution in [3.63, 3.8) is 0 Å². The van der Waals surface area contributed by atoms with E-state index in [1.165, 1.54) is 0 Å². The number of anilines is 2. The zero-order valence-corrected chi connectivity index (χ0v) is 12.6. The van der Waals surface area contributed by atoms with Crippen LogP contribution in [0.5, 0.6) is 0 Å². The molecule has 1 aliphatic carbocycles. The molecule has 112 valence electrons. The smallest absolute Gasteiger partial charge is 0.168 e. The molecule has 0 amide bonds. The second-order valence-electron chi connectivity index (χ2n) is 7.44. The minimum atomic E-state index is -0.822. The Morgan fingerprint density at radius 1 is 1.15 bits per heavy atom. The molecule has 20 heavy (non-hydrogen) atoms. The van der Waals surface area contributed by atoms with Gasteiger partial charge in [-0.15, -0.1) is 0 Å². The van der Waals surface area contributed by atoms with Crippen LogP contribution in [-0.2, 0) is 0 Å². The van der Waals surface area contributed by atoms with Gasteiger partial charge in [0.05, 0.1) is 0 Å². The van der Waals surface area contributed by atoms with Crippen LogP contribution in [-0.4, -0.2) is 11.0 Å². The van der Waals surface area contributed by atoms with Crippen molar-refractivity contribution in [2.45, 2.75) is 53.0 Å². The van der Waals surface area contributed by atoms with Gasteiger partial charge in [-0.2, -0.15) is 0 Å². The van der Waals surface area contributed by atoms with Crippen molar-refractivity contribution in [2.24, 2.45) is 10.8 Å². The molecule has 0 atom stereocenters. The molecular weight excluding hydrogens is 260 g/mol. The lowest BCUT2D eigenvalue weighted by Gasteiger charge is -2.45. The van der Waals surface area contributed by atoms with E-state index in [0.717, 1.165) is 25.3 Å². The van der Waals surface area contributed by atoms with Gasteiger partial charge in [-0.05, 0) is 30.1 Å². The van der Waals surface area contributed by atoms with Crippen molar-refractivity contribution in [2.75, 3.05) is 11.1 Å². The average molecular weight is 283 g/mol. The lowest BCUT2D eigenvalue weighted by molar-refractivity contribution is 0.105. The Bertz CT molecular complexity index is 496. The fourth-order valence-electron chi connectivity index (χ4n) is 3.72. The Hall–Kier alpha value is -1.39. The maximum atomic E-state index is 13.8. The lowest BCUT2D eigenvalue weighted by Crippen LogP contribution is -2.40. The summed E-state index contributed by atoms with van der Waals surface area (Å²) in [5, 5.41) is 3.10. The van der Waals surface area contributed by atoms with E-state index in [9.17, 15) is 8.78 Å². The minimum absolute atomic E-state index is 0.0439. The van der Waals surface area contributed by atoms with Gasteiger partial charge in [0, 0.05) is 12.1 Å². The van der Waals surface area contributed by atoms with Gasteiger partial charge in [-0.25, -0.2) is 13.8 Å². The number of nitrogen functional groups attached to an aromatic ring is 1. The summed E-state index contributed by atoms with van der Waals surface area (Å²) in [6.45, 7) is 8.85. The first-order chi connectivity index (χ1) is 9.08. The third-order valence-corrected chi connectivity index (χ3v) is 3.85. The number of pyridine rings is 1. The van der Waals surface area contributed by atoms with Crippen molar-refractivity contribution in [1.82, 2.24) is 4.98 Å². The normalized spacial score (nSPS) is 21.7. The van der Waals surface area contributed by atoms with Gasteiger partial charge < -0.3 is 11.1 Å². The molecule has 1 heterocycles. The predicted octanol–water partition coefficient (Wildman–Crippen LogP) is 3.96. The second-order valence-corrected chi connectivity index (χ2v) is 7.44. The van der Waals surface area contributed by atoms with Crippen molar-refractivity contribution in [3.8, 4) is 0 Å². The topological polar surface area (TPSA) is 50.9 Å². The fourth-order valence-corrected chi connectivity index (χ4v) is 3.72. The molecule has 0 aromatic carbocycles. The predicted molar refractivity (Wildman–Crippen MR) is 77.4 cm³/mol. The van der Waals surface area contributed by atoms with Gasteiger partial charge in [0.1, 0.15) is 0 Å². The molecule has 1 saturated carbocycles. The van der Waals surface area contributed by atoms with Crippen LogP contribution < -0.4 is 11.1 Å². The molecule has 0 saturated heterocycles. The molecule has 0 aliphatic heterocycles. The molecule has 1 aromatic heterocycles.